The van der Waals surface area contributed by atoms with Gasteiger partial charge < -0.3 is 10.0 Å². The first-order valence-corrected chi connectivity index (χ1v) is 11.5. The third-order valence-electron chi connectivity index (χ3n) is 4.77. The molecule has 1 unspecified atom stereocenters. The minimum atomic E-state index is -0.286. The van der Waals surface area contributed by atoms with Crippen molar-refractivity contribution in [1.29, 1.82) is 0 Å². The van der Waals surface area contributed by atoms with E-state index < -0.39 is 0 Å². The molecule has 2 N–H and O–H groups in total. The Kier molecular flexibility index (Phi) is 6.16. The van der Waals surface area contributed by atoms with Crippen LogP contribution < -0.4 is 10.0 Å². The Bertz CT molecular complexity index is 952. The van der Waals surface area contributed by atoms with Crippen molar-refractivity contribution in [2.24, 2.45) is 5.92 Å². The standard InChI is InChI=1S/C22H24N4OS2/c1-14(2)20(19-13-28-22(25-19)26-29-18-9-10-18)21(27)24-17-7-5-15(6-8-17)16-4-3-11-23-12-16/h3-8,11-14,18,20H,9-10H2,1-2H3,(H,24,27)(H,25,26). The molecular weight excluding hydrogens is 400 g/mol. The highest BCUT2D eigenvalue weighted by molar-refractivity contribution is 8.01. The van der Waals surface area contributed by atoms with Crippen molar-refractivity contribution in [2.75, 3.05) is 10.0 Å². The Morgan fingerprint density at radius 3 is 2.62 bits per heavy atom. The maximum absolute atomic E-state index is 13.0. The zero-order valence-corrected chi connectivity index (χ0v) is 18.1. The predicted molar refractivity (Wildman–Crippen MR) is 122 cm³/mol. The van der Waals surface area contributed by atoms with E-state index in [1.165, 1.54) is 12.8 Å². The number of hydrogen-bond donors (Lipinski definition) is 2. The molecule has 1 aliphatic carbocycles. The molecule has 7 heteroatoms. The normalized spacial score (nSPS) is 14.6. The van der Waals surface area contributed by atoms with Crippen LogP contribution in [0.5, 0.6) is 0 Å². The number of anilines is 2. The topological polar surface area (TPSA) is 66.9 Å². The first-order chi connectivity index (χ1) is 14.1. The molecule has 4 rings (SSSR count). The lowest BCUT2D eigenvalue weighted by Crippen LogP contribution is -2.25. The van der Waals surface area contributed by atoms with Gasteiger partial charge in [0.05, 0.1) is 11.6 Å². The van der Waals surface area contributed by atoms with E-state index in [4.69, 9.17) is 0 Å². The molecule has 1 saturated carbocycles. The summed E-state index contributed by atoms with van der Waals surface area (Å²) in [7, 11) is 0. The third-order valence-corrected chi connectivity index (χ3v) is 6.80. The van der Waals surface area contributed by atoms with Crippen LogP contribution in [0.15, 0.2) is 54.2 Å². The van der Waals surface area contributed by atoms with Crippen molar-refractivity contribution in [3.63, 3.8) is 0 Å². The van der Waals surface area contributed by atoms with Crippen LogP contribution in [0.3, 0.4) is 0 Å². The van der Waals surface area contributed by atoms with Crippen molar-refractivity contribution >= 4 is 40.0 Å². The summed E-state index contributed by atoms with van der Waals surface area (Å²) in [6, 6.07) is 11.8. The van der Waals surface area contributed by atoms with Crippen LogP contribution in [0.4, 0.5) is 10.8 Å². The molecule has 1 amide bonds. The number of nitrogens with zero attached hydrogens (tertiary/aromatic N) is 2. The number of hydrogen-bond acceptors (Lipinski definition) is 6. The second kappa shape index (κ2) is 8.97. The highest BCUT2D eigenvalue weighted by atomic mass is 32.2. The van der Waals surface area contributed by atoms with Crippen molar-refractivity contribution in [2.45, 2.75) is 37.9 Å². The van der Waals surface area contributed by atoms with Gasteiger partial charge in [-0.1, -0.05) is 32.0 Å². The van der Waals surface area contributed by atoms with E-state index in [2.05, 4.69) is 33.9 Å². The molecule has 1 atom stereocenters. The molecule has 150 valence electrons. The van der Waals surface area contributed by atoms with Crippen LogP contribution in [0, 0.1) is 5.92 Å². The van der Waals surface area contributed by atoms with Crippen LogP contribution in [-0.4, -0.2) is 21.1 Å². The summed E-state index contributed by atoms with van der Waals surface area (Å²) in [5.41, 5.74) is 3.73. The smallest absolute Gasteiger partial charge is 0.233 e. The molecule has 0 radical (unpaired) electrons. The largest absolute Gasteiger partial charge is 0.326 e. The maximum Gasteiger partial charge on any atom is 0.233 e. The number of amides is 1. The van der Waals surface area contributed by atoms with Crippen molar-refractivity contribution in [3.05, 3.63) is 59.9 Å². The molecule has 29 heavy (non-hydrogen) atoms. The number of carbonyl (C=O) groups is 1. The monoisotopic (exact) mass is 424 g/mol. The van der Waals surface area contributed by atoms with Gasteiger partial charge in [-0.25, -0.2) is 4.98 Å². The molecule has 1 aromatic carbocycles. The molecule has 0 spiro atoms. The van der Waals surface area contributed by atoms with Crippen molar-refractivity contribution in [1.82, 2.24) is 9.97 Å². The third kappa shape index (κ3) is 5.16. The lowest BCUT2D eigenvalue weighted by molar-refractivity contribution is -0.118. The second-order valence-electron chi connectivity index (χ2n) is 7.53. The fourth-order valence-electron chi connectivity index (χ4n) is 3.07. The number of carbonyl (C=O) groups excluding carboxylic acids is 1. The predicted octanol–water partition coefficient (Wildman–Crippen LogP) is 5.81. The molecular formula is C22H24N4OS2. The van der Waals surface area contributed by atoms with E-state index in [9.17, 15) is 4.79 Å². The summed E-state index contributed by atoms with van der Waals surface area (Å²) in [6.45, 7) is 4.11. The average Bonchev–Trinajstić information content (AvgIpc) is 3.45. The van der Waals surface area contributed by atoms with Crippen molar-refractivity contribution in [3.8, 4) is 11.1 Å². The minimum absolute atomic E-state index is 0.0270. The van der Waals surface area contributed by atoms with Crippen LogP contribution in [0.25, 0.3) is 11.1 Å². The van der Waals surface area contributed by atoms with Gasteiger partial charge in [0, 0.05) is 28.7 Å². The Morgan fingerprint density at radius 2 is 1.97 bits per heavy atom. The lowest BCUT2D eigenvalue weighted by Gasteiger charge is -2.18. The zero-order valence-electron chi connectivity index (χ0n) is 16.5. The summed E-state index contributed by atoms with van der Waals surface area (Å²) < 4.78 is 3.32. The van der Waals surface area contributed by atoms with Gasteiger partial charge in [-0.2, -0.15) is 0 Å². The number of aromatic nitrogens is 2. The van der Waals surface area contributed by atoms with Gasteiger partial charge in [-0.05, 0) is 60.0 Å². The van der Waals surface area contributed by atoms with Crippen LogP contribution in [-0.2, 0) is 4.79 Å². The second-order valence-corrected chi connectivity index (χ2v) is 9.49. The molecule has 0 bridgehead atoms. The summed E-state index contributed by atoms with van der Waals surface area (Å²) in [6.07, 6.45) is 6.13. The number of benzene rings is 1. The van der Waals surface area contributed by atoms with Crippen molar-refractivity contribution < 1.29 is 4.79 Å². The minimum Gasteiger partial charge on any atom is -0.326 e. The summed E-state index contributed by atoms with van der Waals surface area (Å²) in [5, 5.41) is 6.63. The molecule has 2 aromatic heterocycles. The fraction of sp³-hybridized carbons (Fsp3) is 0.318. The van der Waals surface area contributed by atoms with Gasteiger partial charge in [0.1, 0.15) is 0 Å². The van der Waals surface area contributed by atoms with E-state index in [1.807, 2.05) is 48.0 Å². The highest BCUT2D eigenvalue weighted by Gasteiger charge is 2.28. The van der Waals surface area contributed by atoms with E-state index in [1.54, 1.807) is 29.5 Å². The number of nitrogens with one attached hydrogen (secondary N) is 2. The fourth-order valence-corrected chi connectivity index (χ4v) is 4.69. The Balaban J connectivity index is 1.43. The maximum atomic E-state index is 13.0. The molecule has 0 aliphatic heterocycles. The first kappa shape index (κ1) is 19.9. The van der Waals surface area contributed by atoms with E-state index >= 15 is 0 Å². The molecule has 5 nitrogen and oxygen atoms in total. The Morgan fingerprint density at radius 1 is 1.17 bits per heavy atom. The number of rotatable bonds is 8. The van der Waals surface area contributed by atoms with Crippen LogP contribution in [0.2, 0.25) is 0 Å². The van der Waals surface area contributed by atoms with Crippen LogP contribution >= 0.6 is 23.3 Å². The number of pyridine rings is 1. The molecule has 2 heterocycles. The summed E-state index contributed by atoms with van der Waals surface area (Å²) in [5.74, 6) is -0.165. The lowest BCUT2D eigenvalue weighted by atomic mass is 9.92. The molecule has 0 saturated heterocycles. The van der Waals surface area contributed by atoms with Gasteiger partial charge in [0.25, 0.3) is 0 Å². The number of thiazole rings is 1. The summed E-state index contributed by atoms with van der Waals surface area (Å²) in [4.78, 5) is 21.8. The van der Waals surface area contributed by atoms with E-state index in [-0.39, 0.29) is 17.7 Å². The Hall–Kier alpha value is -2.38. The van der Waals surface area contributed by atoms with Gasteiger partial charge >= 0.3 is 0 Å². The zero-order chi connectivity index (χ0) is 20.2. The Labute approximate surface area is 179 Å². The van der Waals surface area contributed by atoms with Gasteiger partial charge in [-0.15, -0.1) is 11.3 Å². The van der Waals surface area contributed by atoms with Gasteiger partial charge in [-0.3, -0.25) is 9.78 Å². The highest BCUT2D eigenvalue weighted by Crippen LogP contribution is 2.36. The van der Waals surface area contributed by atoms with E-state index in [0.29, 0.717) is 5.25 Å². The summed E-state index contributed by atoms with van der Waals surface area (Å²) >= 11 is 3.29. The molecule has 1 fully saturated rings. The molecule has 1 aliphatic rings. The SMILES string of the molecule is CC(C)C(C(=O)Nc1ccc(-c2cccnc2)cc1)c1csc(NSC2CC2)n1. The van der Waals surface area contributed by atoms with E-state index in [0.717, 1.165) is 27.6 Å². The molecule has 3 aromatic rings. The van der Waals surface area contributed by atoms with Gasteiger partial charge in [0.15, 0.2) is 5.13 Å². The quantitative estimate of drug-likeness (QED) is 0.447. The average molecular weight is 425 g/mol. The first-order valence-electron chi connectivity index (χ1n) is 9.78. The van der Waals surface area contributed by atoms with Gasteiger partial charge in [0.2, 0.25) is 5.91 Å². The van der Waals surface area contributed by atoms with Crippen LogP contribution in [0.1, 0.15) is 38.3 Å².